The second-order valence-corrected chi connectivity index (χ2v) is 5.86. The number of benzene rings is 1. The van der Waals surface area contributed by atoms with Crippen LogP contribution in [-0.2, 0) is 16.4 Å². The Labute approximate surface area is 112 Å². The predicted molar refractivity (Wildman–Crippen MR) is 74.4 cm³/mol. The summed E-state index contributed by atoms with van der Waals surface area (Å²) in [5.74, 6) is 0.543. The van der Waals surface area contributed by atoms with Gasteiger partial charge in [0.25, 0.3) is 10.0 Å². The molecule has 1 aromatic heterocycles. The molecule has 0 bridgehead atoms. The van der Waals surface area contributed by atoms with Crippen molar-refractivity contribution in [2.24, 2.45) is 0 Å². The van der Waals surface area contributed by atoms with Gasteiger partial charge in [0.1, 0.15) is 5.82 Å². The standard InChI is InChI=1S/C12H16N4O2S/c1-3-9-4-5-10(6-11(9)13)16-19(17,18)12-7-14-8(2)15-12/h4-7,16H,3,13H2,1-2H3,(H,14,15). The minimum Gasteiger partial charge on any atom is -0.398 e. The Bertz CT molecular complexity index is 692. The summed E-state index contributed by atoms with van der Waals surface area (Å²) < 4.78 is 26.6. The first-order chi connectivity index (χ1) is 8.92. The predicted octanol–water partition coefficient (Wildman–Crippen LogP) is 1.66. The lowest BCUT2D eigenvalue weighted by Gasteiger charge is -2.09. The molecule has 0 radical (unpaired) electrons. The molecule has 19 heavy (non-hydrogen) atoms. The Morgan fingerprint density at radius 2 is 2.16 bits per heavy atom. The van der Waals surface area contributed by atoms with E-state index in [1.54, 1.807) is 19.1 Å². The lowest BCUT2D eigenvalue weighted by Crippen LogP contribution is -2.13. The number of aromatic nitrogens is 2. The molecule has 0 saturated heterocycles. The average Bonchev–Trinajstić information content (AvgIpc) is 2.76. The first-order valence-electron chi connectivity index (χ1n) is 5.85. The number of hydrogen-bond donors (Lipinski definition) is 3. The number of nitrogen functional groups attached to an aromatic ring is 1. The molecule has 0 unspecified atom stereocenters. The van der Waals surface area contributed by atoms with Crippen molar-refractivity contribution in [2.75, 3.05) is 10.5 Å². The number of hydrogen-bond acceptors (Lipinski definition) is 4. The van der Waals surface area contributed by atoms with Gasteiger partial charge in [0.15, 0.2) is 5.03 Å². The lowest BCUT2D eigenvalue weighted by atomic mass is 10.1. The highest BCUT2D eigenvalue weighted by Gasteiger charge is 2.16. The molecule has 0 aliphatic rings. The Balaban J connectivity index is 2.28. The first-order valence-corrected chi connectivity index (χ1v) is 7.33. The molecule has 0 amide bonds. The number of aromatic amines is 1. The van der Waals surface area contributed by atoms with Crippen LogP contribution < -0.4 is 10.5 Å². The number of aryl methyl sites for hydroxylation is 2. The largest absolute Gasteiger partial charge is 0.398 e. The molecular weight excluding hydrogens is 264 g/mol. The summed E-state index contributed by atoms with van der Waals surface area (Å²) in [5, 5.41) is 0.0307. The van der Waals surface area contributed by atoms with Crippen LogP contribution in [0, 0.1) is 6.92 Å². The Kier molecular flexibility index (Phi) is 3.48. The lowest BCUT2D eigenvalue weighted by molar-refractivity contribution is 0.598. The Hall–Kier alpha value is -2.02. The van der Waals surface area contributed by atoms with Crippen LogP contribution in [0.4, 0.5) is 11.4 Å². The molecule has 0 saturated carbocycles. The van der Waals surface area contributed by atoms with E-state index in [1.165, 1.54) is 6.20 Å². The van der Waals surface area contributed by atoms with Gasteiger partial charge in [-0.15, -0.1) is 0 Å². The van der Waals surface area contributed by atoms with Gasteiger partial charge in [-0.3, -0.25) is 4.72 Å². The van der Waals surface area contributed by atoms with E-state index in [1.807, 2.05) is 13.0 Å². The van der Waals surface area contributed by atoms with Crippen LogP contribution in [0.1, 0.15) is 18.3 Å². The van der Waals surface area contributed by atoms with Crippen LogP contribution in [0.15, 0.2) is 29.4 Å². The smallest absolute Gasteiger partial charge is 0.278 e. The Morgan fingerprint density at radius 1 is 1.42 bits per heavy atom. The monoisotopic (exact) mass is 280 g/mol. The fourth-order valence-corrected chi connectivity index (χ4v) is 2.75. The molecule has 1 aromatic carbocycles. The maximum absolute atomic E-state index is 12.1. The van der Waals surface area contributed by atoms with E-state index in [0.717, 1.165) is 12.0 Å². The van der Waals surface area contributed by atoms with E-state index in [2.05, 4.69) is 14.7 Å². The highest BCUT2D eigenvalue weighted by molar-refractivity contribution is 7.92. The normalized spacial score (nSPS) is 11.5. The maximum Gasteiger partial charge on any atom is 0.278 e. The van der Waals surface area contributed by atoms with Crippen molar-refractivity contribution in [2.45, 2.75) is 25.3 Å². The van der Waals surface area contributed by atoms with E-state index in [9.17, 15) is 8.42 Å². The number of nitrogens with zero attached hydrogens (tertiary/aromatic N) is 1. The topological polar surface area (TPSA) is 101 Å². The molecule has 0 spiro atoms. The number of sulfonamides is 1. The third kappa shape index (κ3) is 2.87. The zero-order valence-electron chi connectivity index (χ0n) is 10.8. The number of nitrogens with one attached hydrogen (secondary N) is 2. The van der Waals surface area contributed by atoms with Gasteiger partial charge in [0.05, 0.1) is 11.9 Å². The van der Waals surface area contributed by atoms with Crippen molar-refractivity contribution < 1.29 is 8.42 Å². The molecule has 0 aliphatic carbocycles. The number of imidazole rings is 1. The SMILES string of the molecule is CCc1ccc(NS(=O)(=O)c2cnc(C)[nH]2)cc1N. The zero-order valence-corrected chi connectivity index (χ0v) is 11.6. The molecule has 6 nitrogen and oxygen atoms in total. The highest BCUT2D eigenvalue weighted by atomic mass is 32.2. The van der Waals surface area contributed by atoms with Crippen molar-refractivity contribution in [1.29, 1.82) is 0 Å². The summed E-state index contributed by atoms with van der Waals surface area (Å²) in [6, 6.07) is 5.11. The second-order valence-electron chi connectivity index (χ2n) is 4.21. The van der Waals surface area contributed by atoms with Gasteiger partial charge in [-0.05, 0) is 31.0 Å². The van der Waals surface area contributed by atoms with Crippen molar-refractivity contribution >= 4 is 21.4 Å². The summed E-state index contributed by atoms with van der Waals surface area (Å²) in [6.45, 7) is 3.68. The van der Waals surface area contributed by atoms with Gasteiger partial charge in [0, 0.05) is 5.69 Å². The zero-order chi connectivity index (χ0) is 14.0. The van der Waals surface area contributed by atoms with Gasteiger partial charge in [-0.2, -0.15) is 8.42 Å². The third-order valence-corrected chi connectivity index (χ3v) is 4.04. The van der Waals surface area contributed by atoms with Crippen LogP contribution in [0.3, 0.4) is 0 Å². The molecule has 2 aromatic rings. The van der Waals surface area contributed by atoms with Crippen LogP contribution in [0.2, 0.25) is 0 Å². The van der Waals surface area contributed by atoms with Crippen LogP contribution in [0.5, 0.6) is 0 Å². The van der Waals surface area contributed by atoms with E-state index in [0.29, 0.717) is 17.2 Å². The number of nitrogens with two attached hydrogens (primary N) is 1. The highest BCUT2D eigenvalue weighted by Crippen LogP contribution is 2.21. The number of anilines is 2. The molecule has 7 heteroatoms. The van der Waals surface area contributed by atoms with Crippen LogP contribution >= 0.6 is 0 Å². The van der Waals surface area contributed by atoms with Gasteiger partial charge >= 0.3 is 0 Å². The second kappa shape index (κ2) is 4.93. The summed E-state index contributed by atoms with van der Waals surface area (Å²) in [7, 11) is -3.65. The Morgan fingerprint density at radius 3 is 2.68 bits per heavy atom. The molecule has 2 rings (SSSR count). The molecule has 1 heterocycles. The average molecular weight is 280 g/mol. The quantitative estimate of drug-likeness (QED) is 0.741. The molecule has 102 valence electrons. The summed E-state index contributed by atoms with van der Waals surface area (Å²) in [5.41, 5.74) is 7.83. The molecule has 0 aliphatic heterocycles. The van der Waals surface area contributed by atoms with E-state index >= 15 is 0 Å². The van der Waals surface area contributed by atoms with Gasteiger partial charge in [0.2, 0.25) is 0 Å². The maximum atomic E-state index is 12.1. The number of rotatable bonds is 4. The summed E-state index contributed by atoms with van der Waals surface area (Å²) in [4.78, 5) is 6.55. The van der Waals surface area contributed by atoms with Gasteiger partial charge in [-0.1, -0.05) is 13.0 Å². The van der Waals surface area contributed by atoms with Crippen LogP contribution in [-0.4, -0.2) is 18.4 Å². The van der Waals surface area contributed by atoms with Gasteiger partial charge in [-0.25, -0.2) is 4.98 Å². The van der Waals surface area contributed by atoms with Crippen molar-refractivity contribution in [3.05, 3.63) is 35.8 Å². The minimum atomic E-state index is -3.65. The van der Waals surface area contributed by atoms with E-state index in [4.69, 9.17) is 5.73 Å². The molecule has 4 N–H and O–H groups in total. The van der Waals surface area contributed by atoms with Gasteiger partial charge < -0.3 is 10.7 Å². The molecule has 0 fully saturated rings. The summed E-state index contributed by atoms with van der Waals surface area (Å²) in [6.07, 6.45) is 2.08. The third-order valence-electron chi connectivity index (χ3n) is 2.75. The van der Waals surface area contributed by atoms with E-state index in [-0.39, 0.29) is 5.03 Å². The van der Waals surface area contributed by atoms with Crippen molar-refractivity contribution in [3.63, 3.8) is 0 Å². The van der Waals surface area contributed by atoms with E-state index < -0.39 is 10.0 Å². The van der Waals surface area contributed by atoms with Crippen molar-refractivity contribution in [1.82, 2.24) is 9.97 Å². The van der Waals surface area contributed by atoms with Crippen molar-refractivity contribution in [3.8, 4) is 0 Å². The van der Waals surface area contributed by atoms with Crippen LogP contribution in [0.25, 0.3) is 0 Å². The molecule has 0 atom stereocenters. The molecular formula is C12H16N4O2S. The number of H-pyrrole nitrogens is 1. The fraction of sp³-hybridized carbons (Fsp3) is 0.250. The first kappa shape index (κ1) is 13.4. The minimum absolute atomic E-state index is 0.0307. The fourth-order valence-electron chi connectivity index (χ4n) is 1.73. The summed E-state index contributed by atoms with van der Waals surface area (Å²) >= 11 is 0.